The molecule has 1 aromatic heterocycles. The number of likely N-dealkylation sites (N-methyl/N-ethyl adjacent to an activating group) is 1. The van der Waals surface area contributed by atoms with Gasteiger partial charge >= 0.3 is 5.97 Å². The van der Waals surface area contributed by atoms with Crippen LogP contribution in [-0.4, -0.2) is 269 Å². The van der Waals surface area contributed by atoms with Crippen molar-refractivity contribution in [3.8, 4) is 0 Å². The van der Waals surface area contributed by atoms with E-state index in [1.165, 1.54) is 27.8 Å². The molecule has 34 N–H and O–H groups in total. The Morgan fingerprint density at radius 2 is 0.913 bits per heavy atom. The van der Waals surface area contributed by atoms with Crippen LogP contribution < -0.4 is 126 Å². The Labute approximate surface area is 730 Å². The fourth-order valence-electron chi connectivity index (χ4n) is 12.5. The number of carboxylic acid groups (broad SMARTS) is 1. The Hall–Kier alpha value is -11.0. The van der Waals surface area contributed by atoms with Gasteiger partial charge in [0.05, 0.1) is 60.4 Å². The number of aromatic nitrogens is 1. The van der Waals surface area contributed by atoms with Crippen molar-refractivity contribution in [2.75, 3.05) is 13.6 Å². The summed E-state index contributed by atoms with van der Waals surface area (Å²) in [5.74, 6) is -28.6. The van der Waals surface area contributed by atoms with E-state index in [1.807, 2.05) is 10.6 Å². The monoisotopic (exact) mass is 1780 g/mol. The first-order valence-electron chi connectivity index (χ1n) is 41.5. The van der Waals surface area contributed by atoms with Crippen LogP contribution in [0.15, 0.2) is 30.5 Å². The van der Waals surface area contributed by atoms with Crippen molar-refractivity contribution in [1.29, 1.82) is 0 Å². The van der Waals surface area contributed by atoms with Gasteiger partial charge in [-0.15, -0.1) is 0 Å². The average Bonchev–Trinajstić information content (AvgIpc) is 0.984. The minimum atomic E-state index is -2.90. The van der Waals surface area contributed by atoms with Crippen LogP contribution in [0.1, 0.15) is 166 Å². The number of benzene rings is 1. The predicted molar refractivity (Wildman–Crippen MR) is 457 cm³/mol. The Balaban J connectivity index is 3.13. The van der Waals surface area contributed by atoms with E-state index in [1.54, 1.807) is 78.9 Å². The van der Waals surface area contributed by atoms with E-state index in [0.717, 1.165) is 20.8 Å². The second-order valence-electron chi connectivity index (χ2n) is 32.4. The van der Waals surface area contributed by atoms with E-state index < -0.39 is 282 Å². The molecule has 0 saturated carbocycles. The second-order valence-corrected chi connectivity index (χ2v) is 32.4. The van der Waals surface area contributed by atoms with Gasteiger partial charge in [-0.1, -0.05) is 92.9 Å². The van der Waals surface area contributed by atoms with Gasteiger partial charge < -0.3 is 130 Å². The highest BCUT2D eigenvalue weighted by molar-refractivity contribution is 6.18. The normalized spacial score (nSPS) is 16.6. The van der Waals surface area contributed by atoms with E-state index in [-0.39, 0.29) is 50.9 Å². The van der Waals surface area contributed by atoms with Gasteiger partial charge in [-0.2, -0.15) is 0 Å². The molecule has 21 atom stereocenters. The number of carbonyl (C=O) groups is 21. The lowest BCUT2D eigenvalue weighted by Gasteiger charge is -2.31. The smallest absolute Gasteiger partial charge is 0.303 e. The number of nitrogens with one attached hydrogen (secondary N) is 15. The predicted octanol–water partition coefficient (Wildman–Crippen LogP) is -8.93. The van der Waals surface area contributed by atoms with Gasteiger partial charge in [0.25, 0.3) is 41.4 Å². The molecule has 1 aromatic carbocycles. The third-order valence-electron chi connectivity index (χ3n) is 21.3. The zero-order valence-corrected chi connectivity index (χ0v) is 73.7. The molecule has 46 nitrogen and oxygen atoms in total. The summed E-state index contributed by atoms with van der Waals surface area (Å²) in [6, 6.07) is -24.1. The first kappa shape index (κ1) is 111. The third-order valence-corrected chi connectivity index (χ3v) is 21.3. The minimum absolute atomic E-state index is 0.0445. The van der Waals surface area contributed by atoms with Crippen LogP contribution in [0.25, 0.3) is 10.9 Å². The molecule has 12 unspecified atom stereocenters. The number of amides is 11. The zero-order valence-electron chi connectivity index (χ0n) is 73.7. The molecular weight excluding hydrogens is 1650 g/mol. The molecule has 0 aliphatic rings. The number of carbonyl (C=O) groups excluding carboxylic acids is 20. The number of hydrogen-bond acceptors (Lipinski definition) is 33. The number of rotatable bonds is 62. The molecule has 1 heterocycles. The standard InChI is InChI=1S/C80H132N24O22/c1-15-36(6)54(85)62(112)40(10)93-78(126)80(12,13)104-75(123)59(63(113)46(81)22-20-28-91-79(88)89)100-76(124)68(95-43(33-105)29-35(4)5)102-73(121)58(65(115)48(83)25-27-53(110)111)99-72(120)57(64(114)47(82)24-26-52(84)109)98-70(118)50(31-51(108)39(9)90-14)97-71(119)61(67(117)56(87)38(8)17-3)101-77(125)69(96-44(34-106)30-42-32-92-49-23-19-18-21-45(42)49)103-74(122)60(94-41(11)107)66(116)55(86)37(7)16-2/h18-19,21,23,32-40,43-44,46-48,50,54-61,68-69,79,90-92,95-96H,15-17,20,22,24-31,81-83,85-89H2,1-14H3,(H2,84,109)(H,93,126)(H,94,107)(H,97,119)(H,98,118)(H,99,120)(H,100,124)(H,101,125)(H,102,121)(H,103,122)(H,104,123)(H,110,111)/t36-,37-,38-,39-,40?,43-,44-,46-,47-,48-,50?,54?,55?,56?,57?,58?,59?,60?,61?,68?,69?/m0/s1. The number of nitrogens with two attached hydrogens (primary N) is 9. The van der Waals surface area contributed by atoms with Crippen molar-refractivity contribution in [2.45, 2.75) is 288 Å². The number of fused-ring (bicyclic) bond motifs is 1. The molecule has 0 spiro atoms. The van der Waals surface area contributed by atoms with E-state index in [2.05, 4.69) is 68.8 Å². The summed E-state index contributed by atoms with van der Waals surface area (Å²) in [4.78, 5) is 301. The van der Waals surface area contributed by atoms with Crippen molar-refractivity contribution in [3.63, 3.8) is 0 Å². The number of H-pyrrole nitrogens is 1. The topological polar surface area (TPSA) is 797 Å². The van der Waals surface area contributed by atoms with E-state index in [9.17, 15) is 77.0 Å². The van der Waals surface area contributed by atoms with E-state index in [4.69, 9.17) is 51.6 Å². The van der Waals surface area contributed by atoms with Crippen molar-refractivity contribution in [2.24, 2.45) is 75.3 Å². The average molecular weight is 1780 g/mol. The van der Waals surface area contributed by atoms with Crippen molar-refractivity contribution in [1.82, 2.24) is 79.4 Å². The third kappa shape index (κ3) is 35.1. The summed E-state index contributed by atoms with van der Waals surface area (Å²) in [5.41, 5.74) is 53.4. The second kappa shape index (κ2) is 53.4. The van der Waals surface area contributed by atoms with Crippen LogP contribution >= 0.6 is 0 Å². The zero-order chi connectivity index (χ0) is 96.2. The number of aliphatic carboxylic acids is 1. The van der Waals surface area contributed by atoms with Gasteiger partial charge in [0, 0.05) is 43.3 Å². The quantitative estimate of drug-likeness (QED) is 0.0127. The first-order valence-corrected chi connectivity index (χ1v) is 41.5. The van der Waals surface area contributed by atoms with Crippen LogP contribution in [-0.2, 0) is 107 Å². The number of Topliss-reactive ketones (excluding diaryl/α,β-unsaturated/α-hetero) is 7. The fraction of sp³-hybridized carbons (Fsp3) is 0.637. The van der Waals surface area contributed by atoms with E-state index >= 15 is 28.8 Å². The molecule has 0 radical (unpaired) electrons. The lowest BCUT2D eigenvalue weighted by atomic mass is 9.91. The molecule has 0 fully saturated rings. The summed E-state index contributed by atoms with van der Waals surface area (Å²) in [6.07, 6.45) is -7.78. The molecule has 0 aliphatic heterocycles. The number of carboxylic acids is 1. The Kier molecular flexibility index (Phi) is 47.1. The molecule has 126 heavy (non-hydrogen) atoms. The number of aromatic amines is 1. The van der Waals surface area contributed by atoms with Gasteiger partial charge in [0.1, 0.15) is 30.4 Å². The van der Waals surface area contributed by atoms with Crippen LogP contribution in [0.3, 0.4) is 0 Å². The molecule has 704 valence electrons. The van der Waals surface area contributed by atoms with Crippen LogP contribution in [0.4, 0.5) is 0 Å². The van der Waals surface area contributed by atoms with Crippen LogP contribution in [0, 0.1) is 23.7 Å². The number of ketones is 7. The maximum atomic E-state index is 15.3. The lowest BCUT2D eigenvalue weighted by Crippen LogP contribution is -2.68. The molecule has 0 bridgehead atoms. The minimum Gasteiger partial charge on any atom is -0.481 e. The van der Waals surface area contributed by atoms with Crippen molar-refractivity contribution in [3.05, 3.63) is 36.0 Å². The van der Waals surface area contributed by atoms with Gasteiger partial charge in [-0.25, -0.2) is 0 Å². The summed E-state index contributed by atoms with van der Waals surface area (Å²) < 4.78 is 0. The molecule has 2 aromatic rings. The number of primary amides is 1. The van der Waals surface area contributed by atoms with E-state index in [0.29, 0.717) is 35.6 Å². The summed E-state index contributed by atoms with van der Waals surface area (Å²) in [6.45, 7) is 18.9. The Bertz CT molecular complexity index is 4180. The lowest BCUT2D eigenvalue weighted by molar-refractivity contribution is -0.143. The fourth-order valence-corrected chi connectivity index (χ4v) is 12.5. The van der Waals surface area contributed by atoms with Crippen LogP contribution in [0.2, 0.25) is 0 Å². The van der Waals surface area contributed by atoms with Crippen LogP contribution in [0.5, 0.6) is 0 Å². The molecule has 2 rings (SSSR count). The Morgan fingerprint density at radius 3 is 1.37 bits per heavy atom. The van der Waals surface area contributed by atoms with Gasteiger partial charge in [-0.05, 0) is 115 Å². The highest BCUT2D eigenvalue weighted by Crippen LogP contribution is 2.21. The summed E-state index contributed by atoms with van der Waals surface area (Å²) in [7, 11) is 1.29. The number of aldehydes is 2. The number of hydrogen-bond donors (Lipinski definition) is 25. The SMILES string of the molecule is CC[C@H](C)C(N)C(=O)C(C)NC(=O)C(C)(C)NC(=O)C(NC(=O)C(NC(=O)C(NC(=O)C(NC(=O)C(CC(=O)[C@H](C)NC)NC(=O)C(NC(=O)C(NC(=O)C(NC(C)=O)C(=O)C(N)[C@@H](C)CC)N[C@H](C=O)Cc1c[nH]c2ccccc12)C(=O)C(N)[C@@H](C)CC)C(=O)[C@@H](N)CCC(N)=O)C(=O)[C@@H](N)CCC(=O)O)N[C@H](C=O)CC(C)C)C(=O)[C@@H](N)CCCNC(N)N. The van der Waals surface area contributed by atoms with Crippen molar-refractivity contribution >= 4 is 135 Å². The summed E-state index contributed by atoms with van der Waals surface area (Å²) in [5, 5.41) is 42.5. The molecule has 46 heteroatoms. The summed E-state index contributed by atoms with van der Waals surface area (Å²) >= 11 is 0. The van der Waals surface area contributed by atoms with Gasteiger partial charge in [0.15, 0.2) is 83.0 Å². The van der Waals surface area contributed by atoms with Gasteiger partial charge in [-0.3, -0.25) is 107 Å². The Morgan fingerprint density at radius 1 is 0.492 bits per heavy atom. The maximum absolute atomic E-state index is 15.3. The highest BCUT2D eigenvalue weighted by atomic mass is 16.4. The highest BCUT2D eigenvalue weighted by Gasteiger charge is 2.46. The van der Waals surface area contributed by atoms with Gasteiger partial charge in [0.2, 0.25) is 23.6 Å². The molecule has 0 saturated heterocycles. The first-order chi connectivity index (χ1) is 58.8. The largest absolute Gasteiger partial charge is 0.481 e. The molecular formula is C80H132N24O22. The number of para-hydroxylation sites is 1. The van der Waals surface area contributed by atoms with Crippen molar-refractivity contribution < 1.29 is 106 Å². The molecule has 11 amide bonds. The molecule has 0 aliphatic carbocycles. The maximum Gasteiger partial charge on any atom is 0.303 e.